The minimum atomic E-state index is -0.0432. The van der Waals surface area contributed by atoms with E-state index in [1.807, 2.05) is 12.1 Å². The minimum Gasteiger partial charge on any atom is -0.464 e. The first-order chi connectivity index (χ1) is 9.35. The van der Waals surface area contributed by atoms with Crippen LogP contribution >= 0.6 is 0 Å². The summed E-state index contributed by atoms with van der Waals surface area (Å²) >= 11 is 0. The molecule has 6 nitrogen and oxygen atoms in total. The zero-order valence-electron chi connectivity index (χ0n) is 10.9. The van der Waals surface area contributed by atoms with Gasteiger partial charge in [-0.15, -0.1) is 5.10 Å². The average molecular weight is 263 g/mol. The van der Waals surface area contributed by atoms with Crippen LogP contribution in [0.3, 0.4) is 0 Å². The first-order valence-electron chi connectivity index (χ1n) is 6.61. The highest BCUT2D eigenvalue weighted by atomic mass is 16.5. The molecule has 1 aliphatic rings. The Kier molecular flexibility index (Phi) is 3.50. The van der Waals surface area contributed by atoms with Crippen molar-refractivity contribution in [3.05, 3.63) is 29.5 Å². The second-order valence-electron chi connectivity index (χ2n) is 4.52. The summed E-state index contributed by atoms with van der Waals surface area (Å²) in [5.74, 6) is 2.38. The second-order valence-corrected chi connectivity index (χ2v) is 4.52. The minimum absolute atomic E-state index is 0.0432. The summed E-state index contributed by atoms with van der Waals surface area (Å²) in [6, 6.07) is 4.33. The molecule has 1 N–H and O–H groups in total. The maximum Gasteiger partial charge on any atom is 0.315 e. The van der Waals surface area contributed by atoms with E-state index in [9.17, 15) is 0 Å². The molecular formula is C13H17N3O3. The highest BCUT2D eigenvalue weighted by molar-refractivity contribution is 5.20. The van der Waals surface area contributed by atoms with E-state index in [0.29, 0.717) is 18.5 Å². The zero-order valence-corrected chi connectivity index (χ0v) is 10.9. The van der Waals surface area contributed by atoms with Gasteiger partial charge in [-0.2, -0.15) is 0 Å². The van der Waals surface area contributed by atoms with Gasteiger partial charge in [-0.1, -0.05) is 12.0 Å². The average Bonchev–Trinajstić information content (AvgIpc) is 3.16. The molecule has 6 heteroatoms. The number of nitrogens with zero attached hydrogens (tertiary/aromatic N) is 2. The van der Waals surface area contributed by atoms with Crippen molar-refractivity contribution in [1.29, 1.82) is 0 Å². The molecule has 1 aliphatic heterocycles. The zero-order chi connectivity index (χ0) is 13.1. The van der Waals surface area contributed by atoms with Crippen LogP contribution in [0.25, 0.3) is 0 Å². The summed E-state index contributed by atoms with van der Waals surface area (Å²) in [6.45, 7) is 3.36. The van der Waals surface area contributed by atoms with Gasteiger partial charge in [0, 0.05) is 13.0 Å². The van der Waals surface area contributed by atoms with E-state index in [1.54, 1.807) is 0 Å². The van der Waals surface area contributed by atoms with Crippen molar-refractivity contribution in [1.82, 2.24) is 10.2 Å². The van der Waals surface area contributed by atoms with E-state index in [-0.39, 0.29) is 6.10 Å². The van der Waals surface area contributed by atoms with E-state index >= 15 is 0 Å². The molecule has 0 unspecified atom stereocenters. The van der Waals surface area contributed by atoms with Crippen LogP contribution in [0.2, 0.25) is 0 Å². The molecule has 0 aliphatic carbocycles. The molecule has 1 fully saturated rings. The van der Waals surface area contributed by atoms with Crippen molar-refractivity contribution in [3.63, 3.8) is 0 Å². The molecule has 102 valence electrons. The number of rotatable bonds is 5. The molecule has 0 radical (unpaired) electrons. The van der Waals surface area contributed by atoms with Gasteiger partial charge in [-0.3, -0.25) is 0 Å². The molecule has 0 bridgehead atoms. The van der Waals surface area contributed by atoms with Crippen molar-refractivity contribution in [2.45, 2.75) is 38.8 Å². The smallest absolute Gasteiger partial charge is 0.315 e. The van der Waals surface area contributed by atoms with E-state index < -0.39 is 0 Å². The Morgan fingerprint density at radius 1 is 1.26 bits per heavy atom. The van der Waals surface area contributed by atoms with Crippen LogP contribution < -0.4 is 5.32 Å². The number of nitrogens with one attached hydrogen (secondary N) is 1. The number of furan rings is 1. The lowest BCUT2D eigenvalue weighted by Crippen LogP contribution is -1.98. The quantitative estimate of drug-likeness (QED) is 0.894. The molecule has 1 atom stereocenters. The maximum atomic E-state index is 5.58. The van der Waals surface area contributed by atoms with Crippen molar-refractivity contribution in [3.8, 4) is 0 Å². The third kappa shape index (κ3) is 2.78. The largest absolute Gasteiger partial charge is 0.464 e. The number of hydrogen-bond acceptors (Lipinski definition) is 6. The van der Waals surface area contributed by atoms with Crippen LogP contribution in [0, 0.1) is 0 Å². The fraction of sp³-hybridized carbons (Fsp3) is 0.538. The SMILES string of the molecule is CCc1ccc(CNc2nnc([C@@H]3CCCO3)o2)o1. The van der Waals surface area contributed by atoms with Crippen molar-refractivity contribution in [2.24, 2.45) is 0 Å². The Balaban J connectivity index is 1.57. The predicted octanol–water partition coefficient (Wildman–Crippen LogP) is 2.69. The summed E-state index contributed by atoms with van der Waals surface area (Å²) in [4.78, 5) is 0. The summed E-state index contributed by atoms with van der Waals surface area (Å²) in [5, 5.41) is 11.0. The highest BCUT2D eigenvalue weighted by Gasteiger charge is 2.23. The Hall–Kier alpha value is -1.82. The van der Waals surface area contributed by atoms with Gasteiger partial charge in [0.2, 0.25) is 5.89 Å². The maximum absolute atomic E-state index is 5.58. The first-order valence-corrected chi connectivity index (χ1v) is 6.61. The number of hydrogen-bond donors (Lipinski definition) is 1. The van der Waals surface area contributed by atoms with Gasteiger partial charge in [-0.05, 0) is 25.0 Å². The van der Waals surface area contributed by atoms with Gasteiger partial charge >= 0.3 is 6.01 Å². The van der Waals surface area contributed by atoms with E-state index in [0.717, 1.165) is 37.4 Å². The van der Waals surface area contributed by atoms with E-state index in [4.69, 9.17) is 13.6 Å². The van der Waals surface area contributed by atoms with Crippen molar-refractivity contribution >= 4 is 6.01 Å². The van der Waals surface area contributed by atoms with Crippen LogP contribution in [-0.2, 0) is 17.7 Å². The van der Waals surface area contributed by atoms with E-state index in [1.165, 1.54) is 0 Å². The molecule has 3 rings (SSSR count). The van der Waals surface area contributed by atoms with Gasteiger partial charge in [0.15, 0.2) is 0 Å². The lowest BCUT2D eigenvalue weighted by atomic mass is 10.2. The van der Waals surface area contributed by atoms with Crippen LogP contribution in [0.5, 0.6) is 0 Å². The Bertz CT molecular complexity index is 529. The molecule has 2 aromatic rings. The fourth-order valence-corrected chi connectivity index (χ4v) is 2.08. The molecule has 0 amide bonds. The van der Waals surface area contributed by atoms with Crippen LogP contribution in [0.4, 0.5) is 6.01 Å². The molecule has 0 aromatic carbocycles. The second kappa shape index (κ2) is 5.44. The van der Waals surface area contributed by atoms with Gasteiger partial charge in [0.05, 0.1) is 6.54 Å². The Labute approximate surface area is 111 Å². The molecular weight excluding hydrogens is 246 g/mol. The number of aryl methyl sites for hydroxylation is 1. The normalized spacial score (nSPS) is 18.9. The van der Waals surface area contributed by atoms with Gasteiger partial charge in [-0.25, -0.2) is 0 Å². The van der Waals surface area contributed by atoms with Crippen molar-refractivity contribution < 1.29 is 13.6 Å². The van der Waals surface area contributed by atoms with Gasteiger partial charge in [0.25, 0.3) is 0 Å². The monoisotopic (exact) mass is 263 g/mol. The topological polar surface area (TPSA) is 73.3 Å². The van der Waals surface area contributed by atoms with Gasteiger partial charge < -0.3 is 18.9 Å². The molecule has 0 spiro atoms. The van der Waals surface area contributed by atoms with E-state index in [2.05, 4.69) is 22.4 Å². The lowest BCUT2D eigenvalue weighted by molar-refractivity contribution is 0.0897. The summed E-state index contributed by atoms with van der Waals surface area (Å²) in [7, 11) is 0. The fourth-order valence-electron chi connectivity index (χ4n) is 2.08. The predicted molar refractivity (Wildman–Crippen MR) is 67.6 cm³/mol. The standard InChI is InChI=1S/C13H17N3O3/c1-2-9-5-6-10(18-9)8-14-13-16-15-12(19-13)11-4-3-7-17-11/h5-6,11H,2-4,7-8H2,1H3,(H,14,16)/t11-/m0/s1. The molecule has 0 saturated carbocycles. The number of aromatic nitrogens is 2. The van der Waals surface area contributed by atoms with Crippen molar-refractivity contribution in [2.75, 3.05) is 11.9 Å². The molecule has 3 heterocycles. The van der Waals surface area contributed by atoms with Crippen LogP contribution in [0.15, 0.2) is 21.0 Å². The van der Waals surface area contributed by atoms with Crippen LogP contribution in [-0.4, -0.2) is 16.8 Å². The first kappa shape index (κ1) is 12.2. The third-order valence-corrected chi connectivity index (χ3v) is 3.13. The summed E-state index contributed by atoms with van der Waals surface area (Å²) in [5.41, 5.74) is 0. The molecule has 1 saturated heterocycles. The Morgan fingerprint density at radius 3 is 2.89 bits per heavy atom. The Morgan fingerprint density at radius 2 is 2.16 bits per heavy atom. The highest BCUT2D eigenvalue weighted by Crippen LogP contribution is 2.28. The molecule has 19 heavy (non-hydrogen) atoms. The van der Waals surface area contributed by atoms with Crippen LogP contribution in [0.1, 0.15) is 43.3 Å². The molecule has 2 aromatic heterocycles. The van der Waals surface area contributed by atoms with Gasteiger partial charge in [0.1, 0.15) is 17.6 Å². The lowest BCUT2D eigenvalue weighted by Gasteiger charge is -2.02. The number of ether oxygens (including phenoxy) is 1. The summed E-state index contributed by atoms with van der Waals surface area (Å²) in [6.07, 6.45) is 2.84. The summed E-state index contributed by atoms with van der Waals surface area (Å²) < 4.78 is 16.6. The third-order valence-electron chi connectivity index (χ3n) is 3.13. The number of anilines is 1.